The zero-order chi connectivity index (χ0) is 5.70. The summed E-state index contributed by atoms with van der Waals surface area (Å²) in [7, 11) is 2.78. The molecule has 0 nitrogen and oxygen atoms in total. The second kappa shape index (κ2) is 4.33. The van der Waals surface area contributed by atoms with Gasteiger partial charge < -0.3 is 0 Å². The van der Waals surface area contributed by atoms with Crippen molar-refractivity contribution in [2.75, 3.05) is 0 Å². The molecule has 0 aromatic carbocycles. The molecule has 2 unspecified atom stereocenters. The Bertz CT molecular complexity index is 50.1. The van der Waals surface area contributed by atoms with Gasteiger partial charge in [-0.25, -0.2) is 0 Å². The van der Waals surface area contributed by atoms with Crippen molar-refractivity contribution in [3.63, 3.8) is 0 Å². The number of hydrogen-bond donors (Lipinski definition) is 0. The highest BCUT2D eigenvalue weighted by Gasteiger charge is 1.90. The molecule has 0 aromatic heterocycles. The van der Waals surface area contributed by atoms with E-state index in [1.165, 1.54) is 6.42 Å². The van der Waals surface area contributed by atoms with E-state index in [0.717, 1.165) is 12.1 Å². The van der Waals surface area contributed by atoms with E-state index in [2.05, 4.69) is 22.7 Å². The van der Waals surface area contributed by atoms with Crippen LogP contribution in [0.25, 0.3) is 0 Å². The predicted molar refractivity (Wildman–Crippen MR) is 38.6 cm³/mol. The molecule has 0 spiro atoms. The summed E-state index contributed by atoms with van der Waals surface area (Å²) in [5.74, 6) is 0. The Hall–Kier alpha value is 0.170. The standard InChI is InChI=1S/C6H13P/c1-3-5-6(7)4-2/h3,6H,1,4-5,7H2,2H3. The summed E-state index contributed by atoms with van der Waals surface area (Å²) in [6.07, 6.45) is 4.32. The molecular formula is C6H13P. The van der Waals surface area contributed by atoms with E-state index in [-0.39, 0.29) is 0 Å². The first-order valence-electron chi connectivity index (χ1n) is 2.67. The van der Waals surface area contributed by atoms with Gasteiger partial charge >= 0.3 is 0 Å². The van der Waals surface area contributed by atoms with Crippen LogP contribution in [0.3, 0.4) is 0 Å². The van der Waals surface area contributed by atoms with Crippen LogP contribution in [0.1, 0.15) is 19.8 Å². The molecule has 1 heteroatoms. The summed E-state index contributed by atoms with van der Waals surface area (Å²) in [6.45, 7) is 5.82. The average Bonchev–Trinajstić information content (AvgIpc) is 1.68. The molecule has 0 radical (unpaired) electrons. The summed E-state index contributed by atoms with van der Waals surface area (Å²) in [5, 5.41) is 0. The molecule has 0 bridgehead atoms. The molecular weight excluding hydrogens is 103 g/mol. The fraction of sp³-hybridized carbons (Fsp3) is 0.667. The van der Waals surface area contributed by atoms with Crippen molar-refractivity contribution in [1.82, 2.24) is 0 Å². The number of hydrogen-bond acceptors (Lipinski definition) is 0. The first-order valence-corrected chi connectivity index (χ1v) is 3.34. The molecule has 0 aliphatic rings. The molecule has 0 heterocycles. The van der Waals surface area contributed by atoms with Crippen LogP contribution in [0.4, 0.5) is 0 Å². The van der Waals surface area contributed by atoms with Crippen molar-refractivity contribution in [1.29, 1.82) is 0 Å². The second-order valence-electron chi connectivity index (χ2n) is 1.69. The Kier molecular flexibility index (Phi) is 4.44. The highest BCUT2D eigenvalue weighted by Crippen LogP contribution is 2.08. The SMILES string of the molecule is C=CCC(P)CC. The maximum absolute atomic E-state index is 3.64. The summed E-state index contributed by atoms with van der Waals surface area (Å²) >= 11 is 0. The molecule has 0 saturated carbocycles. The Labute approximate surface area is 48.2 Å². The molecule has 0 amide bonds. The lowest BCUT2D eigenvalue weighted by atomic mass is 10.2. The zero-order valence-corrected chi connectivity index (χ0v) is 6.01. The van der Waals surface area contributed by atoms with Crippen molar-refractivity contribution in [2.45, 2.75) is 25.4 Å². The molecule has 0 saturated heterocycles. The fourth-order valence-corrected chi connectivity index (χ4v) is 0.573. The minimum atomic E-state index is 0.748. The van der Waals surface area contributed by atoms with E-state index < -0.39 is 0 Å². The lowest BCUT2D eigenvalue weighted by molar-refractivity contribution is 0.838. The normalized spacial score (nSPS) is 13.4. The largest absolute Gasteiger partial charge is 0.134 e. The fourth-order valence-electron chi connectivity index (χ4n) is 0.381. The Balaban J connectivity index is 2.98. The van der Waals surface area contributed by atoms with Gasteiger partial charge in [-0.05, 0) is 18.5 Å². The van der Waals surface area contributed by atoms with Crippen LogP contribution in [0.15, 0.2) is 12.7 Å². The summed E-state index contributed by atoms with van der Waals surface area (Å²) in [6, 6.07) is 0. The maximum Gasteiger partial charge on any atom is -0.0232 e. The van der Waals surface area contributed by atoms with Crippen molar-refractivity contribution in [3.05, 3.63) is 12.7 Å². The highest BCUT2D eigenvalue weighted by atomic mass is 31.0. The van der Waals surface area contributed by atoms with E-state index in [4.69, 9.17) is 0 Å². The van der Waals surface area contributed by atoms with Gasteiger partial charge in [-0.15, -0.1) is 15.8 Å². The van der Waals surface area contributed by atoms with E-state index in [9.17, 15) is 0 Å². The molecule has 0 aliphatic heterocycles. The molecule has 0 aromatic rings. The third kappa shape index (κ3) is 4.01. The van der Waals surface area contributed by atoms with E-state index in [1.54, 1.807) is 0 Å². The Morgan fingerprint density at radius 1 is 1.86 bits per heavy atom. The van der Waals surface area contributed by atoms with Crippen molar-refractivity contribution < 1.29 is 0 Å². The van der Waals surface area contributed by atoms with Crippen LogP contribution in [-0.2, 0) is 0 Å². The van der Waals surface area contributed by atoms with Gasteiger partial charge in [0.1, 0.15) is 0 Å². The van der Waals surface area contributed by atoms with E-state index >= 15 is 0 Å². The minimum absolute atomic E-state index is 0.748. The van der Waals surface area contributed by atoms with E-state index in [1.807, 2.05) is 6.08 Å². The van der Waals surface area contributed by atoms with Gasteiger partial charge in [0, 0.05) is 0 Å². The molecule has 0 rings (SSSR count). The van der Waals surface area contributed by atoms with Gasteiger partial charge in [0.05, 0.1) is 0 Å². The molecule has 7 heavy (non-hydrogen) atoms. The first-order chi connectivity index (χ1) is 3.31. The molecule has 0 aliphatic carbocycles. The maximum atomic E-state index is 3.64. The molecule has 0 N–H and O–H groups in total. The summed E-state index contributed by atoms with van der Waals surface area (Å²) in [5.41, 5.74) is 0.748. The smallest absolute Gasteiger partial charge is 0.0232 e. The number of rotatable bonds is 3. The average molecular weight is 116 g/mol. The number of allylic oxidation sites excluding steroid dienone is 1. The molecule has 42 valence electrons. The van der Waals surface area contributed by atoms with Crippen LogP contribution >= 0.6 is 9.24 Å². The minimum Gasteiger partial charge on any atom is -0.134 e. The lowest BCUT2D eigenvalue weighted by Gasteiger charge is -2.00. The Morgan fingerprint density at radius 2 is 2.43 bits per heavy atom. The predicted octanol–water partition coefficient (Wildman–Crippen LogP) is 2.22. The summed E-state index contributed by atoms with van der Waals surface area (Å²) in [4.78, 5) is 0. The molecule has 2 atom stereocenters. The van der Waals surface area contributed by atoms with Crippen molar-refractivity contribution in [2.24, 2.45) is 0 Å². The third-order valence-electron chi connectivity index (χ3n) is 0.994. The second-order valence-corrected chi connectivity index (χ2v) is 2.64. The molecule has 0 fully saturated rings. The quantitative estimate of drug-likeness (QED) is 0.391. The topological polar surface area (TPSA) is 0 Å². The van der Waals surface area contributed by atoms with Gasteiger partial charge in [-0.2, -0.15) is 0 Å². The van der Waals surface area contributed by atoms with Crippen molar-refractivity contribution in [3.8, 4) is 0 Å². The monoisotopic (exact) mass is 116 g/mol. The highest BCUT2D eigenvalue weighted by molar-refractivity contribution is 7.17. The first kappa shape index (κ1) is 7.17. The van der Waals surface area contributed by atoms with Crippen LogP contribution in [0, 0.1) is 0 Å². The van der Waals surface area contributed by atoms with Crippen molar-refractivity contribution >= 4 is 9.24 Å². The van der Waals surface area contributed by atoms with Crippen LogP contribution in [0.5, 0.6) is 0 Å². The van der Waals surface area contributed by atoms with Gasteiger partial charge in [-0.1, -0.05) is 13.0 Å². The summed E-state index contributed by atoms with van der Waals surface area (Å²) < 4.78 is 0. The van der Waals surface area contributed by atoms with Crippen LogP contribution < -0.4 is 0 Å². The van der Waals surface area contributed by atoms with E-state index in [0.29, 0.717) is 0 Å². The zero-order valence-electron chi connectivity index (χ0n) is 4.85. The lowest BCUT2D eigenvalue weighted by Crippen LogP contribution is -1.89. The van der Waals surface area contributed by atoms with Gasteiger partial charge in [0.2, 0.25) is 0 Å². The van der Waals surface area contributed by atoms with Gasteiger partial charge in [0.25, 0.3) is 0 Å². The third-order valence-corrected chi connectivity index (χ3v) is 1.74. The van der Waals surface area contributed by atoms with Gasteiger partial charge in [-0.3, -0.25) is 0 Å². The van der Waals surface area contributed by atoms with Crippen LogP contribution in [-0.4, -0.2) is 5.66 Å². The van der Waals surface area contributed by atoms with Gasteiger partial charge in [0.15, 0.2) is 0 Å². The van der Waals surface area contributed by atoms with Crippen LogP contribution in [0.2, 0.25) is 0 Å². The Morgan fingerprint density at radius 3 is 2.57 bits per heavy atom.